The van der Waals surface area contributed by atoms with Gasteiger partial charge in [-0.05, 0) is 36.3 Å². The van der Waals surface area contributed by atoms with E-state index in [1.807, 2.05) is 11.8 Å². The quantitative estimate of drug-likeness (QED) is 0.806. The summed E-state index contributed by atoms with van der Waals surface area (Å²) in [6, 6.07) is 7.00. The minimum Gasteiger partial charge on any atom is -0.399 e. The number of anilines is 1. The molecule has 1 unspecified atom stereocenters. The fourth-order valence-electron chi connectivity index (χ4n) is 1.98. The first-order valence-corrected chi connectivity index (χ1v) is 8.69. The van der Waals surface area contributed by atoms with Gasteiger partial charge >= 0.3 is 0 Å². The van der Waals surface area contributed by atoms with Crippen LogP contribution in [0.5, 0.6) is 0 Å². The van der Waals surface area contributed by atoms with Gasteiger partial charge in [0.15, 0.2) is 0 Å². The van der Waals surface area contributed by atoms with E-state index in [9.17, 15) is 8.42 Å². The van der Waals surface area contributed by atoms with Gasteiger partial charge in [-0.15, -0.1) is 0 Å². The Morgan fingerprint density at radius 2 is 2.28 bits per heavy atom. The zero-order chi connectivity index (χ0) is 13.0. The van der Waals surface area contributed by atoms with E-state index in [1.165, 1.54) is 6.42 Å². The highest BCUT2D eigenvalue weighted by Gasteiger charge is 2.19. The predicted molar refractivity (Wildman–Crippen MR) is 77.0 cm³/mol. The van der Waals surface area contributed by atoms with Crippen molar-refractivity contribution in [2.75, 3.05) is 18.0 Å². The first kappa shape index (κ1) is 13.7. The molecule has 6 heteroatoms. The van der Waals surface area contributed by atoms with Crippen LogP contribution in [0, 0.1) is 0 Å². The second-order valence-corrected chi connectivity index (χ2v) is 7.70. The fraction of sp³-hybridized carbons (Fsp3) is 0.500. The number of nitrogens with two attached hydrogens (primary N) is 1. The summed E-state index contributed by atoms with van der Waals surface area (Å²) < 4.78 is 26.5. The predicted octanol–water partition coefficient (Wildman–Crippen LogP) is 1.58. The largest absolute Gasteiger partial charge is 0.399 e. The van der Waals surface area contributed by atoms with Crippen LogP contribution in [-0.4, -0.2) is 26.0 Å². The molecule has 100 valence electrons. The molecule has 0 amide bonds. The Labute approximate surface area is 112 Å². The van der Waals surface area contributed by atoms with Gasteiger partial charge in [0.25, 0.3) is 0 Å². The maximum Gasteiger partial charge on any atom is 0.215 e. The van der Waals surface area contributed by atoms with Crippen molar-refractivity contribution in [3.63, 3.8) is 0 Å². The molecule has 4 nitrogen and oxygen atoms in total. The number of thioether (sulfide) groups is 1. The number of rotatable bonds is 5. The van der Waals surface area contributed by atoms with Gasteiger partial charge in [-0.25, -0.2) is 13.1 Å². The van der Waals surface area contributed by atoms with Crippen molar-refractivity contribution in [3.05, 3.63) is 29.8 Å². The molecular weight excluding hydrogens is 268 g/mol. The average Bonchev–Trinajstić information content (AvgIpc) is 2.78. The number of sulfonamides is 1. The maximum atomic E-state index is 11.9. The second-order valence-electron chi connectivity index (χ2n) is 4.49. The van der Waals surface area contributed by atoms with Crippen LogP contribution in [-0.2, 0) is 15.8 Å². The zero-order valence-corrected chi connectivity index (χ0v) is 11.8. The third-order valence-electron chi connectivity index (χ3n) is 2.86. The number of hydrogen-bond donors (Lipinski definition) is 2. The smallest absolute Gasteiger partial charge is 0.215 e. The van der Waals surface area contributed by atoms with Gasteiger partial charge in [0.2, 0.25) is 10.0 Å². The van der Waals surface area contributed by atoms with E-state index in [0.29, 0.717) is 17.5 Å². The number of nitrogens with one attached hydrogen (secondary N) is 1. The summed E-state index contributed by atoms with van der Waals surface area (Å²) in [5.74, 6) is 1.14. The molecule has 3 N–H and O–H groups in total. The van der Waals surface area contributed by atoms with Crippen molar-refractivity contribution in [1.82, 2.24) is 4.72 Å². The van der Waals surface area contributed by atoms with Crippen LogP contribution >= 0.6 is 11.8 Å². The summed E-state index contributed by atoms with van der Waals surface area (Å²) in [5.41, 5.74) is 6.95. The SMILES string of the molecule is Nc1cccc(CS(=O)(=O)NCC2CCCS2)c1. The van der Waals surface area contributed by atoms with Crippen LogP contribution in [0.4, 0.5) is 5.69 Å². The van der Waals surface area contributed by atoms with Gasteiger partial charge in [-0.1, -0.05) is 12.1 Å². The Kier molecular flexibility index (Phi) is 4.53. The first-order valence-electron chi connectivity index (χ1n) is 5.98. The van der Waals surface area contributed by atoms with Gasteiger partial charge in [0.05, 0.1) is 5.75 Å². The summed E-state index contributed by atoms with van der Waals surface area (Å²) in [4.78, 5) is 0. The molecule has 1 aliphatic heterocycles. The molecule has 1 saturated heterocycles. The molecule has 18 heavy (non-hydrogen) atoms. The maximum absolute atomic E-state index is 11.9. The molecule has 0 aliphatic carbocycles. The Bertz CT molecular complexity index is 497. The highest BCUT2D eigenvalue weighted by atomic mass is 32.2. The van der Waals surface area contributed by atoms with Crippen LogP contribution in [0.2, 0.25) is 0 Å². The molecule has 0 radical (unpaired) electrons. The standard InChI is InChI=1S/C12H18N2O2S2/c13-11-4-1-3-10(7-11)9-18(15,16)14-8-12-5-2-6-17-12/h1,3-4,7,12,14H,2,5-6,8-9,13H2. The molecule has 2 rings (SSSR count). The lowest BCUT2D eigenvalue weighted by atomic mass is 10.2. The van der Waals surface area contributed by atoms with Gasteiger partial charge in [-0.3, -0.25) is 0 Å². The molecule has 1 aliphatic rings. The second kappa shape index (κ2) is 5.95. The summed E-state index contributed by atoms with van der Waals surface area (Å²) in [5, 5.41) is 0.431. The number of nitrogen functional groups attached to an aromatic ring is 1. The van der Waals surface area contributed by atoms with E-state index in [4.69, 9.17) is 5.73 Å². The van der Waals surface area contributed by atoms with E-state index in [2.05, 4.69) is 4.72 Å². The zero-order valence-electron chi connectivity index (χ0n) is 10.1. The molecule has 1 aromatic rings. The van der Waals surface area contributed by atoms with Crippen molar-refractivity contribution < 1.29 is 8.42 Å². The molecule has 0 spiro atoms. The molecule has 0 bridgehead atoms. The van der Waals surface area contributed by atoms with Crippen LogP contribution in [0.15, 0.2) is 24.3 Å². The lowest BCUT2D eigenvalue weighted by Gasteiger charge is -2.11. The third kappa shape index (κ3) is 4.19. The molecule has 1 fully saturated rings. The van der Waals surface area contributed by atoms with Crippen molar-refractivity contribution in [1.29, 1.82) is 0 Å². The molecule has 1 atom stereocenters. The average molecular weight is 286 g/mol. The summed E-state index contributed by atoms with van der Waals surface area (Å²) in [7, 11) is -3.26. The van der Waals surface area contributed by atoms with Crippen molar-refractivity contribution in [2.45, 2.75) is 23.8 Å². The lowest BCUT2D eigenvalue weighted by Crippen LogP contribution is -2.30. The van der Waals surface area contributed by atoms with E-state index in [-0.39, 0.29) is 5.75 Å². The monoisotopic (exact) mass is 286 g/mol. The normalized spacial score (nSPS) is 20.1. The highest BCUT2D eigenvalue weighted by molar-refractivity contribution is 8.00. The van der Waals surface area contributed by atoms with Gasteiger partial charge < -0.3 is 5.73 Å². The van der Waals surface area contributed by atoms with Crippen molar-refractivity contribution in [3.8, 4) is 0 Å². The fourth-order valence-corrected chi connectivity index (χ4v) is 4.46. The molecular formula is C12H18N2O2S2. The summed E-state index contributed by atoms with van der Waals surface area (Å²) in [6.07, 6.45) is 2.29. The van der Waals surface area contributed by atoms with Crippen molar-refractivity contribution in [2.24, 2.45) is 0 Å². The first-order chi connectivity index (χ1) is 8.55. The van der Waals surface area contributed by atoms with Crippen LogP contribution in [0.3, 0.4) is 0 Å². The van der Waals surface area contributed by atoms with Crippen LogP contribution in [0.1, 0.15) is 18.4 Å². The van der Waals surface area contributed by atoms with Gasteiger partial charge in [0.1, 0.15) is 0 Å². The van der Waals surface area contributed by atoms with Gasteiger partial charge in [0, 0.05) is 17.5 Å². The topological polar surface area (TPSA) is 72.2 Å². The minimum atomic E-state index is -3.26. The van der Waals surface area contributed by atoms with Crippen LogP contribution < -0.4 is 10.5 Å². The molecule has 0 aromatic heterocycles. The minimum absolute atomic E-state index is 0.00454. The van der Waals surface area contributed by atoms with E-state index in [1.54, 1.807) is 24.3 Å². The Morgan fingerprint density at radius 3 is 2.94 bits per heavy atom. The van der Waals surface area contributed by atoms with Crippen molar-refractivity contribution >= 4 is 27.5 Å². The highest BCUT2D eigenvalue weighted by Crippen LogP contribution is 2.25. The Balaban J connectivity index is 1.90. The van der Waals surface area contributed by atoms with Crippen LogP contribution in [0.25, 0.3) is 0 Å². The molecule has 1 heterocycles. The Hall–Kier alpha value is -0.720. The molecule has 1 aromatic carbocycles. The van der Waals surface area contributed by atoms with E-state index < -0.39 is 10.0 Å². The molecule has 0 saturated carbocycles. The van der Waals surface area contributed by atoms with E-state index in [0.717, 1.165) is 17.7 Å². The number of hydrogen-bond acceptors (Lipinski definition) is 4. The lowest BCUT2D eigenvalue weighted by molar-refractivity contribution is 0.578. The Morgan fingerprint density at radius 1 is 1.44 bits per heavy atom. The number of benzene rings is 1. The van der Waals surface area contributed by atoms with E-state index >= 15 is 0 Å². The summed E-state index contributed by atoms with van der Waals surface area (Å²) in [6.45, 7) is 0.537. The van der Waals surface area contributed by atoms with Gasteiger partial charge in [-0.2, -0.15) is 11.8 Å². The summed E-state index contributed by atoms with van der Waals surface area (Å²) >= 11 is 1.84. The third-order valence-corrected chi connectivity index (χ3v) is 5.58.